The smallest absolute Gasteiger partial charge is 0.219 e. The van der Waals surface area contributed by atoms with Crippen LogP contribution in [0.2, 0.25) is 0 Å². The van der Waals surface area contributed by atoms with Gasteiger partial charge in [0.25, 0.3) is 0 Å². The minimum atomic E-state index is -0.241. The van der Waals surface area contributed by atoms with Crippen LogP contribution in [-0.4, -0.2) is 11.7 Å². The van der Waals surface area contributed by atoms with E-state index < -0.39 is 0 Å². The maximum absolute atomic E-state index is 9.92. The van der Waals surface area contributed by atoms with Crippen LogP contribution in [-0.2, 0) is 9.59 Å². The highest BCUT2D eigenvalue weighted by Gasteiger charge is 1.96. The molecule has 0 atom stereocenters. The summed E-state index contributed by atoms with van der Waals surface area (Å²) >= 11 is 0. The Balaban J connectivity index is 0. The number of rotatable bonds is 2. The van der Waals surface area contributed by atoms with Gasteiger partial charge in [0.2, 0.25) is 5.91 Å². The average Bonchev–Trinajstić information content (AvgIpc) is 2.32. The molecule has 96 valence electrons. The molecule has 0 heterocycles. The lowest BCUT2D eigenvalue weighted by Gasteiger charge is -1.90. The summed E-state index contributed by atoms with van der Waals surface area (Å²) in [7, 11) is 0. The van der Waals surface area contributed by atoms with Gasteiger partial charge in [-0.05, 0) is 6.92 Å². The molecule has 0 saturated heterocycles. The number of hydrogen-bond acceptors (Lipinski definition) is 2. The summed E-state index contributed by atoms with van der Waals surface area (Å²) in [5, 5.41) is 0. The highest BCUT2D eigenvalue weighted by molar-refractivity contribution is 5.75. The molecule has 0 aromatic heterocycles. The van der Waals surface area contributed by atoms with Crippen LogP contribution in [0.1, 0.15) is 34.1 Å². The number of ketones is 1. The third-order valence-electron chi connectivity index (χ3n) is 1.73. The van der Waals surface area contributed by atoms with Crippen LogP contribution in [0.4, 0.5) is 0 Å². The second-order valence-corrected chi connectivity index (χ2v) is 3.77. The number of nitrogens with two attached hydrogens (primary N) is 1. The van der Waals surface area contributed by atoms with Crippen LogP contribution in [0.15, 0.2) is 36.4 Å². The molecule has 0 fully saturated rings. The van der Waals surface area contributed by atoms with Crippen molar-refractivity contribution in [3.63, 3.8) is 0 Å². The maximum atomic E-state index is 9.92. The summed E-state index contributed by atoms with van der Waals surface area (Å²) in [6.45, 7) is 6.97. The minimum Gasteiger partial charge on any atom is -0.369 e. The number of benzene rings is 1. The molecule has 3 nitrogen and oxygen atoms in total. The largest absolute Gasteiger partial charge is 0.369 e. The summed E-state index contributed by atoms with van der Waals surface area (Å²) in [5.74, 6) is 0.00463. The molecule has 0 spiro atoms. The van der Waals surface area contributed by atoms with Crippen molar-refractivity contribution < 1.29 is 9.59 Å². The predicted octanol–water partition coefficient (Wildman–Crippen LogP) is 2.80. The first-order chi connectivity index (χ1) is 7.91. The molecule has 17 heavy (non-hydrogen) atoms. The number of carbonyl (C=O) groups excluding carboxylic acids is 2. The molecule has 0 aliphatic heterocycles. The first-order valence-electron chi connectivity index (χ1n) is 5.70. The lowest BCUT2D eigenvalue weighted by Crippen LogP contribution is -2.17. The molecule has 0 saturated carbocycles. The van der Waals surface area contributed by atoms with Crippen LogP contribution < -0.4 is 5.73 Å². The summed E-state index contributed by atoms with van der Waals surface area (Å²) in [6, 6.07) is 12.0. The summed E-state index contributed by atoms with van der Waals surface area (Å²) in [5.41, 5.74) is 4.80. The third kappa shape index (κ3) is 20.4. The van der Waals surface area contributed by atoms with Crippen molar-refractivity contribution in [2.75, 3.05) is 0 Å². The van der Waals surface area contributed by atoms with Crippen molar-refractivity contribution >= 4 is 11.7 Å². The highest BCUT2D eigenvalue weighted by atomic mass is 16.1. The zero-order chi connectivity index (χ0) is 13.7. The van der Waals surface area contributed by atoms with Gasteiger partial charge in [-0.15, -0.1) is 0 Å². The number of primary amides is 1. The Bertz CT molecular complexity index is 268. The summed E-state index contributed by atoms with van der Waals surface area (Å²) < 4.78 is 0. The zero-order valence-electron chi connectivity index (χ0n) is 11.1. The van der Waals surface area contributed by atoms with Crippen LogP contribution in [0.5, 0.6) is 0 Å². The quantitative estimate of drug-likeness (QED) is 0.859. The first kappa shape index (κ1) is 17.7. The Morgan fingerprint density at radius 3 is 1.24 bits per heavy atom. The Morgan fingerprint density at radius 1 is 1.00 bits per heavy atom. The van der Waals surface area contributed by atoms with E-state index in [0.29, 0.717) is 6.42 Å². The van der Waals surface area contributed by atoms with Gasteiger partial charge in [-0.3, -0.25) is 4.79 Å². The highest BCUT2D eigenvalue weighted by Crippen LogP contribution is 1.84. The second kappa shape index (κ2) is 12.4. The Kier molecular flexibility index (Phi) is 13.0. The van der Waals surface area contributed by atoms with Gasteiger partial charge in [0, 0.05) is 12.3 Å². The Labute approximate surface area is 104 Å². The number of carbonyl (C=O) groups is 2. The van der Waals surface area contributed by atoms with E-state index in [1.54, 1.807) is 20.8 Å². The van der Waals surface area contributed by atoms with E-state index in [1.165, 1.54) is 0 Å². The number of Topliss-reactive ketones (excluding diaryl/α,β-unsaturated/α-hetero) is 1. The van der Waals surface area contributed by atoms with Crippen molar-refractivity contribution in [2.45, 2.75) is 34.1 Å². The van der Waals surface area contributed by atoms with Crippen molar-refractivity contribution in [3.8, 4) is 0 Å². The van der Waals surface area contributed by atoms with E-state index in [0.717, 1.165) is 0 Å². The molecule has 3 heteroatoms. The van der Waals surface area contributed by atoms with Gasteiger partial charge in [-0.25, -0.2) is 0 Å². The molecule has 2 N–H and O–H groups in total. The fourth-order valence-corrected chi connectivity index (χ4v) is 0.385. The lowest BCUT2D eigenvalue weighted by atomic mass is 10.2. The molecule has 0 unspecified atom stereocenters. The van der Waals surface area contributed by atoms with Crippen LogP contribution in [0.3, 0.4) is 0 Å². The average molecular weight is 237 g/mol. The first-order valence-corrected chi connectivity index (χ1v) is 5.70. The van der Waals surface area contributed by atoms with E-state index in [1.807, 2.05) is 43.3 Å². The lowest BCUT2D eigenvalue weighted by molar-refractivity contribution is -0.120. The van der Waals surface area contributed by atoms with Gasteiger partial charge in [0.1, 0.15) is 5.78 Å². The molecular formula is C14H23NO2. The monoisotopic (exact) mass is 237 g/mol. The second-order valence-electron chi connectivity index (χ2n) is 3.77. The maximum Gasteiger partial charge on any atom is 0.219 e. The van der Waals surface area contributed by atoms with Crippen LogP contribution in [0, 0.1) is 5.92 Å². The fourth-order valence-electron chi connectivity index (χ4n) is 0.385. The van der Waals surface area contributed by atoms with Gasteiger partial charge in [-0.2, -0.15) is 0 Å². The van der Waals surface area contributed by atoms with Crippen molar-refractivity contribution in [3.05, 3.63) is 36.4 Å². The molecule has 1 aromatic rings. The molecule has 1 rings (SSSR count). The van der Waals surface area contributed by atoms with Gasteiger partial charge < -0.3 is 10.5 Å². The van der Waals surface area contributed by atoms with Gasteiger partial charge in [-0.1, -0.05) is 57.2 Å². The van der Waals surface area contributed by atoms with Crippen molar-refractivity contribution in [1.29, 1.82) is 0 Å². The van der Waals surface area contributed by atoms with E-state index in [2.05, 4.69) is 0 Å². The SMILES string of the molecule is CC(C)C(N)=O.CCC(C)=O.c1ccccc1. The fraction of sp³-hybridized carbons (Fsp3) is 0.429. The molecule has 0 radical (unpaired) electrons. The zero-order valence-corrected chi connectivity index (χ0v) is 11.1. The van der Waals surface area contributed by atoms with Gasteiger partial charge >= 0.3 is 0 Å². The summed E-state index contributed by atoms with van der Waals surface area (Å²) in [6.07, 6.45) is 0.667. The van der Waals surface area contributed by atoms with E-state index in [-0.39, 0.29) is 17.6 Å². The topological polar surface area (TPSA) is 60.2 Å². The number of amides is 1. The molecule has 0 aliphatic carbocycles. The van der Waals surface area contributed by atoms with Crippen LogP contribution in [0.25, 0.3) is 0 Å². The molecular weight excluding hydrogens is 214 g/mol. The summed E-state index contributed by atoms with van der Waals surface area (Å²) in [4.78, 5) is 19.7. The molecule has 0 aliphatic rings. The van der Waals surface area contributed by atoms with Crippen molar-refractivity contribution in [1.82, 2.24) is 0 Å². The Morgan fingerprint density at radius 2 is 1.18 bits per heavy atom. The van der Waals surface area contributed by atoms with Gasteiger partial charge in [0.15, 0.2) is 0 Å². The predicted molar refractivity (Wildman–Crippen MR) is 71.4 cm³/mol. The third-order valence-corrected chi connectivity index (χ3v) is 1.73. The van der Waals surface area contributed by atoms with Crippen molar-refractivity contribution in [2.24, 2.45) is 11.7 Å². The van der Waals surface area contributed by atoms with Gasteiger partial charge in [0.05, 0.1) is 0 Å². The standard InChI is InChI=1S/C6H6.C4H9NO.C4H8O/c1-2-4-6-5-3-1;1-3(2)4(5)6;1-3-4(2)5/h1-6H;3H,1-2H3,(H2,5,6);3H2,1-2H3. The van der Waals surface area contributed by atoms with Crippen LogP contribution >= 0.6 is 0 Å². The minimum absolute atomic E-state index is 0.00926. The Hall–Kier alpha value is -1.64. The number of hydrogen-bond donors (Lipinski definition) is 1. The van der Waals surface area contributed by atoms with E-state index >= 15 is 0 Å². The molecule has 0 bridgehead atoms. The normalized spacial score (nSPS) is 8.29. The van der Waals surface area contributed by atoms with E-state index in [4.69, 9.17) is 5.73 Å². The molecule has 1 amide bonds. The van der Waals surface area contributed by atoms with E-state index in [9.17, 15) is 9.59 Å². The molecule has 1 aromatic carbocycles.